The molecule has 1 aliphatic rings. The maximum Gasteiger partial charge on any atom is 0.224 e. The molecule has 0 bridgehead atoms. The van der Waals surface area contributed by atoms with E-state index < -0.39 is 10.0 Å². The van der Waals surface area contributed by atoms with E-state index in [1.165, 1.54) is 0 Å². The summed E-state index contributed by atoms with van der Waals surface area (Å²) >= 11 is 0. The molecule has 9 heteroatoms. The first-order chi connectivity index (χ1) is 9.99. The van der Waals surface area contributed by atoms with Crippen LogP contribution in [0.4, 0.5) is 11.8 Å². The van der Waals surface area contributed by atoms with E-state index in [4.69, 9.17) is 4.74 Å². The molecular formula is C12H21N5O3S. The van der Waals surface area contributed by atoms with Gasteiger partial charge in [-0.3, -0.25) is 0 Å². The van der Waals surface area contributed by atoms with Gasteiger partial charge in [0.1, 0.15) is 5.82 Å². The minimum atomic E-state index is -3.27. The van der Waals surface area contributed by atoms with Crippen molar-refractivity contribution in [2.24, 2.45) is 0 Å². The fourth-order valence-electron chi connectivity index (χ4n) is 2.27. The first-order valence-corrected chi connectivity index (χ1v) is 8.43. The van der Waals surface area contributed by atoms with Crippen molar-refractivity contribution in [1.82, 2.24) is 14.7 Å². The van der Waals surface area contributed by atoms with E-state index in [1.54, 1.807) is 33.3 Å². The molecular weight excluding hydrogens is 294 g/mol. The molecule has 1 aromatic rings. The molecule has 0 spiro atoms. The minimum absolute atomic E-state index is 0.0529. The quantitative estimate of drug-likeness (QED) is 0.741. The molecule has 1 aromatic heterocycles. The van der Waals surface area contributed by atoms with Gasteiger partial charge in [0.25, 0.3) is 0 Å². The molecule has 1 saturated heterocycles. The van der Waals surface area contributed by atoms with Crippen LogP contribution in [0.5, 0.6) is 0 Å². The van der Waals surface area contributed by atoms with Crippen molar-refractivity contribution in [3.63, 3.8) is 0 Å². The minimum Gasteiger partial charge on any atom is -0.378 e. The van der Waals surface area contributed by atoms with E-state index in [-0.39, 0.29) is 17.9 Å². The van der Waals surface area contributed by atoms with Crippen LogP contribution in [0.25, 0.3) is 0 Å². The number of rotatable bonds is 6. The summed E-state index contributed by atoms with van der Waals surface area (Å²) in [6, 6.07) is 1.51. The summed E-state index contributed by atoms with van der Waals surface area (Å²) in [6.45, 7) is 2.70. The van der Waals surface area contributed by atoms with Crippen LogP contribution in [0.15, 0.2) is 12.3 Å². The number of aromatic nitrogens is 2. The van der Waals surface area contributed by atoms with Gasteiger partial charge in [-0.15, -0.1) is 0 Å². The number of anilines is 2. The molecule has 0 saturated carbocycles. The highest BCUT2D eigenvalue weighted by molar-refractivity contribution is 7.89. The number of methoxy groups -OCH3 is 1. The Labute approximate surface area is 125 Å². The summed E-state index contributed by atoms with van der Waals surface area (Å²) in [7, 11) is 0.0669. The van der Waals surface area contributed by atoms with Crippen molar-refractivity contribution in [3.8, 4) is 0 Å². The molecule has 1 fully saturated rings. The zero-order valence-electron chi connectivity index (χ0n) is 12.4. The largest absolute Gasteiger partial charge is 0.378 e. The Morgan fingerprint density at radius 1 is 1.48 bits per heavy atom. The first kappa shape index (κ1) is 15.9. The van der Waals surface area contributed by atoms with Gasteiger partial charge in [-0.25, -0.2) is 18.1 Å². The van der Waals surface area contributed by atoms with Crippen LogP contribution in [0.1, 0.15) is 6.92 Å². The Balaban J connectivity index is 2.14. The van der Waals surface area contributed by atoms with Crippen LogP contribution >= 0.6 is 0 Å². The Morgan fingerprint density at radius 2 is 2.24 bits per heavy atom. The van der Waals surface area contributed by atoms with Gasteiger partial charge in [-0.05, 0) is 13.0 Å². The number of nitrogens with one attached hydrogen (secondary N) is 2. The molecule has 21 heavy (non-hydrogen) atoms. The highest BCUT2D eigenvalue weighted by Crippen LogP contribution is 2.21. The molecule has 0 aliphatic carbocycles. The van der Waals surface area contributed by atoms with E-state index >= 15 is 0 Å². The monoisotopic (exact) mass is 315 g/mol. The maximum absolute atomic E-state index is 11.7. The Hall–Kier alpha value is -1.45. The molecule has 118 valence electrons. The molecule has 2 atom stereocenters. The fourth-order valence-corrected chi connectivity index (χ4v) is 3.13. The van der Waals surface area contributed by atoms with E-state index in [0.29, 0.717) is 19.0 Å². The first-order valence-electron chi connectivity index (χ1n) is 6.77. The zero-order chi connectivity index (χ0) is 15.5. The highest BCUT2D eigenvalue weighted by atomic mass is 32.2. The second-order valence-electron chi connectivity index (χ2n) is 4.80. The highest BCUT2D eigenvalue weighted by Gasteiger charge is 2.35. The van der Waals surface area contributed by atoms with Crippen molar-refractivity contribution in [2.75, 3.05) is 43.2 Å². The van der Waals surface area contributed by atoms with Gasteiger partial charge in [0, 0.05) is 33.4 Å². The molecule has 0 unspecified atom stereocenters. The number of hydrogen-bond acceptors (Lipinski definition) is 7. The summed E-state index contributed by atoms with van der Waals surface area (Å²) in [5.41, 5.74) is 0. The number of hydrogen-bond donors (Lipinski definition) is 2. The van der Waals surface area contributed by atoms with Gasteiger partial charge in [-0.2, -0.15) is 4.98 Å². The molecule has 0 amide bonds. The van der Waals surface area contributed by atoms with Gasteiger partial charge in [0.2, 0.25) is 16.0 Å². The lowest BCUT2D eigenvalue weighted by Gasteiger charge is -2.17. The number of sulfonamides is 1. The summed E-state index contributed by atoms with van der Waals surface area (Å²) in [5, 5.41) is 2.88. The van der Waals surface area contributed by atoms with E-state index in [1.807, 2.05) is 4.90 Å². The van der Waals surface area contributed by atoms with Crippen LogP contribution in [-0.2, 0) is 14.8 Å². The molecule has 1 aliphatic heterocycles. The van der Waals surface area contributed by atoms with Crippen LogP contribution in [0, 0.1) is 0 Å². The molecule has 8 nitrogen and oxygen atoms in total. The fraction of sp³-hybridized carbons (Fsp3) is 0.667. The smallest absolute Gasteiger partial charge is 0.224 e. The van der Waals surface area contributed by atoms with Crippen LogP contribution < -0.4 is 14.9 Å². The van der Waals surface area contributed by atoms with Crippen molar-refractivity contribution in [1.29, 1.82) is 0 Å². The van der Waals surface area contributed by atoms with E-state index in [0.717, 1.165) is 5.82 Å². The topological polar surface area (TPSA) is 96.5 Å². The third-order valence-electron chi connectivity index (χ3n) is 3.47. The predicted molar refractivity (Wildman–Crippen MR) is 81.0 cm³/mol. The SMILES string of the molecule is CCS(=O)(=O)N[C@@H]1CN(c2ccnc(NC)n2)C[C@@H]1OC. The van der Waals surface area contributed by atoms with Crippen molar-refractivity contribution < 1.29 is 13.2 Å². The summed E-state index contributed by atoms with van der Waals surface area (Å²) < 4.78 is 31.6. The third-order valence-corrected chi connectivity index (χ3v) is 4.89. The lowest BCUT2D eigenvalue weighted by atomic mass is 10.2. The van der Waals surface area contributed by atoms with Gasteiger partial charge in [0.05, 0.1) is 17.9 Å². The molecule has 2 N–H and O–H groups in total. The normalized spacial score (nSPS) is 22.5. The van der Waals surface area contributed by atoms with Crippen molar-refractivity contribution in [3.05, 3.63) is 12.3 Å². The van der Waals surface area contributed by atoms with E-state index in [2.05, 4.69) is 20.0 Å². The summed E-state index contributed by atoms with van der Waals surface area (Å²) in [5.74, 6) is 1.32. The molecule has 2 heterocycles. The Kier molecular flexibility index (Phi) is 4.96. The van der Waals surface area contributed by atoms with Gasteiger partial charge < -0.3 is 15.0 Å². The van der Waals surface area contributed by atoms with Crippen molar-refractivity contribution in [2.45, 2.75) is 19.1 Å². The lowest BCUT2D eigenvalue weighted by molar-refractivity contribution is 0.104. The average molecular weight is 315 g/mol. The standard InChI is InChI=1S/C12H21N5O3S/c1-4-21(18,19)16-9-7-17(8-10(9)20-3)11-5-6-14-12(13-2)15-11/h5-6,9-10,16H,4,7-8H2,1-3H3,(H,13,14,15)/t9-,10+/m1/s1. The van der Waals surface area contributed by atoms with Gasteiger partial charge >= 0.3 is 0 Å². The number of nitrogens with zero attached hydrogens (tertiary/aromatic N) is 3. The predicted octanol–water partition coefficient (Wildman–Crippen LogP) is -0.339. The van der Waals surface area contributed by atoms with Crippen LogP contribution in [0.3, 0.4) is 0 Å². The van der Waals surface area contributed by atoms with Crippen LogP contribution in [-0.4, -0.2) is 63.5 Å². The summed E-state index contributed by atoms with van der Waals surface area (Å²) in [6.07, 6.45) is 1.46. The summed E-state index contributed by atoms with van der Waals surface area (Å²) in [4.78, 5) is 10.4. The third kappa shape index (κ3) is 3.80. The second-order valence-corrected chi connectivity index (χ2v) is 6.84. The maximum atomic E-state index is 11.7. The number of ether oxygens (including phenoxy) is 1. The van der Waals surface area contributed by atoms with Crippen molar-refractivity contribution >= 4 is 21.8 Å². The second kappa shape index (κ2) is 6.54. The Morgan fingerprint density at radius 3 is 2.86 bits per heavy atom. The van der Waals surface area contributed by atoms with Crippen LogP contribution in [0.2, 0.25) is 0 Å². The molecule has 0 aromatic carbocycles. The average Bonchev–Trinajstić information content (AvgIpc) is 2.89. The lowest BCUT2D eigenvalue weighted by Crippen LogP contribution is -2.44. The van der Waals surface area contributed by atoms with E-state index in [9.17, 15) is 8.42 Å². The van der Waals surface area contributed by atoms with Gasteiger partial charge in [-0.1, -0.05) is 0 Å². The molecule has 2 rings (SSSR count). The van der Waals surface area contributed by atoms with Gasteiger partial charge in [0.15, 0.2) is 0 Å². The zero-order valence-corrected chi connectivity index (χ0v) is 13.2. The Bertz CT molecular complexity index is 580. The molecule has 0 radical (unpaired) electrons.